The summed E-state index contributed by atoms with van der Waals surface area (Å²) in [5.41, 5.74) is 5.68. The standard InChI is InChI=1S/C18H20N4OS4/c1-5-24-17-21-22-18(27-17)26-9-14(23)20-16-19-13(8-25-16)15-11(3)6-10(2)7-12(15)4/h6-8H,5,9H2,1-4H3,(H,19,20,23). The van der Waals surface area contributed by atoms with Crippen LogP contribution < -0.4 is 5.32 Å². The first-order valence-electron chi connectivity index (χ1n) is 8.39. The van der Waals surface area contributed by atoms with Gasteiger partial charge in [0.1, 0.15) is 0 Å². The quantitative estimate of drug-likeness (QED) is 0.498. The molecule has 0 aliphatic rings. The maximum atomic E-state index is 12.2. The third-order valence-electron chi connectivity index (χ3n) is 3.67. The lowest BCUT2D eigenvalue weighted by molar-refractivity contribution is -0.113. The number of nitrogens with one attached hydrogen (secondary N) is 1. The molecule has 2 heterocycles. The molecule has 0 fully saturated rings. The highest BCUT2D eigenvalue weighted by Crippen LogP contribution is 2.32. The van der Waals surface area contributed by atoms with Crippen LogP contribution in [0.2, 0.25) is 0 Å². The molecule has 0 unspecified atom stereocenters. The van der Waals surface area contributed by atoms with Gasteiger partial charge in [-0.25, -0.2) is 4.98 Å². The summed E-state index contributed by atoms with van der Waals surface area (Å²) >= 11 is 6.03. The van der Waals surface area contributed by atoms with Gasteiger partial charge in [-0.2, -0.15) is 0 Å². The van der Waals surface area contributed by atoms with Crippen LogP contribution in [-0.4, -0.2) is 32.6 Å². The molecule has 9 heteroatoms. The number of carbonyl (C=O) groups is 1. The van der Waals surface area contributed by atoms with E-state index in [1.165, 1.54) is 51.1 Å². The molecule has 5 nitrogen and oxygen atoms in total. The molecule has 3 rings (SSSR count). The summed E-state index contributed by atoms with van der Waals surface area (Å²) < 4.78 is 1.75. The highest BCUT2D eigenvalue weighted by molar-refractivity contribution is 8.03. The van der Waals surface area contributed by atoms with E-state index >= 15 is 0 Å². The Morgan fingerprint density at radius 1 is 1.11 bits per heavy atom. The minimum atomic E-state index is -0.0851. The SMILES string of the molecule is CCSc1nnc(SCC(=O)Nc2nc(-c3c(C)cc(C)cc3C)cs2)s1. The number of thiazole rings is 1. The second kappa shape index (κ2) is 9.18. The molecule has 0 aliphatic carbocycles. The highest BCUT2D eigenvalue weighted by atomic mass is 32.2. The molecule has 0 bridgehead atoms. The van der Waals surface area contributed by atoms with E-state index in [4.69, 9.17) is 0 Å². The summed E-state index contributed by atoms with van der Waals surface area (Å²) in [6.07, 6.45) is 0. The van der Waals surface area contributed by atoms with Crippen LogP contribution in [0.3, 0.4) is 0 Å². The smallest absolute Gasteiger partial charge is 0.236 e. The van der Waals surface area contributed by atoms with Crippen LogP contribution in [0, 0.1) is 20.8 Å². The van der Waals surface area contributed by atoms with Crippen molar-refractivity contribution in [2.45, 2.75) is 36.4 Å². The number of amides is 1. The molecule has 0 aliphatic heterocycles. The molecule has 1 aromatic carbocycles. The molecule has 1 N–H and O–H groups in total. The number of benzene rings is 1. The van der Waals surface area contributed by atoms with Crippen molar-refractivity contribution in [3.63, 3.8) is 0 Å². The third-order valence-corrected chi connectivity index (χ3v) is 7.50. The molecule has 0 spiro atoms. The van der Waals surface area contributed by atoms with E-state index in [1.54, 1.807) is 11.8 Å². The van der Waals surface area contributed by atoms with Gasteiger partial charge in [0.2, 0.25) is 5.91 Å². The van der Waals surface area contributed by atoms with E-state index in [-0.39, 0.29) is 5.91 Å². The average molecular weight is 437 g/mol. The van der Waals surface area contributed by atoms with E-state index in [0.29, 0.717) is 10.9 Å². The first-order chi connectivity index (χ1) is 13.0. The number of hydrogen-bond acceptors (Lipinski definition) is 8. The van der Waals surface area contributed by atoms with Crippen molar-refractivity contribution >= 4 is 57.2 Å². The lowest BCUT2D eigenvalue weighted by atomic mass is 9.98. The van der Waals surface area contributed by atoms with Crippen molar-refractivity contribution in [2.75, 3.05) is 16.8 Å². The van der Waals surface area contributed by atoms with Gasteiger partial charge in [-0.05, 0) is 37.7 Å². The minimum absolute atomic E-state index is 0.0851. The molecular formula is C18H20N4OS4. The number of thioether (sulfide) groups is 2. The number of anilines is 1. The molecule has 0 atom stereocenters. The van der Waals surface area contributed by atoms with Crippen molar-refractivity contribution < 1.29 is 4.79 Å². The van der Waals surface area contributed by atoms with Crippen molar-refractivity contribution in [2.24, 2.45) is 0 Å². The van der Waals surface area contributed by atoms with E-state index < -0.39 is 0 Å². The van der Waals surface area contributed by atoms with E-state index in [9.17, 15) is 4.79 Å². The summed E-state index contributed by atoms with van der Waals surface area (Å²) in [4.78, 5) is 16.8. The van der Waals surface area contributed by atoms with Crippen LogP contribution in [0.4, 0.5) is 5.13 Å². The molecule has 0 radical (unpaired) electrons. The van der Waals surface area contributed by atoms with Gasteiger partial charge in [0, 0.05) is 10.9 Å². The van der Waals surface area contributed by atoms with Crippen molar-refractivity contribution in [1.82, 2.24) is 15.2 Å². The van der Waals surface area contributed by atoms with Gasteiger partial charge >= 0.3 is 0 Å². The van der Waals surface area contributed by atoms with E-state index in [2.05, 4.69) is 60.3 Å². The summed E-state index contributed by atoms with van der Waals surface area (Å²) in [5.74, 6) is 1.17. The van der Waals surface area contributed by atoms with Gasteiger partial charge in [0.05, 0.1) is 11.4 Å². The Hall–Kier alpha value is -1.42. The van der Waals surface area contributed by atoms with Crippen LogP contribution in [-0.2, 0) is 4.79 Å². The Balaban J connectivity index is 1.61. The molecule has 0 saturated carbocycles. The zero-order chi connectivity index (χ0) is 19.4. The summed E-state index contributed by atoms with van der Waals surface area (Å²) in [5, 5.41) is 13.7. The second-order valence-corrected chi connectivity index (χ2v) is 10.5. The fraction of sp³-hybridized carbons (Fsp3) is 0.333. The third kappa shape index (κ3) is 5.31. The zero-order valence-electron chi connectivity index (χ0n) is 15.5. The van der Waals surface area contributed by atoms with Gasteiger partial charge in [-0.3, -0.25) is 4.79 Å². The molecular weight excluding hydrogens is 416 g/mol. The maximum absolute atomic E-state index is 12.2. The number of rotatable bonds is 7. The minimum Gasteiger partial charge on any atom is -0.301 e. The first kappa shape index (κ1) is 20.3. The lowest BCUT2D eigenvalue weighted by Crippen LogP contribution is -2.13. The summed E-state index contributed by atoms with van der Waals surface area (Å²) in [6.45, 7) is 8.36. The first-order valence-corrected chi connectivity index (χ1v) is 12.1. The Morgan fingerprint density at radius 2 is 1.78 bits per heavy atom. The number of carbonyl (C=O) groups excluding carboxylic acids is 1. The fourth-order valence-electron chi connectivity index (χ4n) is 2.75. The van der Waals surface area contributed by atoms with E-state index in [1.807, 2.05) is 5.38 Å². The predicted molar refractivity (Wildman–Crippen MR) is 117 cm³/mol. The van der Waals surface area contributed by atoms with Gasteiger partial charge in [0.15, 0.2) is 13.8 Å². The highest BCUT2D eigenvalue weighted by Gasteiger charge is 2.13. The van der Waals surface area contributed by atoms with Crippen LogP contribution >= 0.6 is 46.2 Å². The van der Waals surface area contributed by atoms with E-state index in [0.717, 1.165) is 25.7 Å². The normalized spacial score (nSPS) is 11.0. The van der Waals surface area contributed by atoms with Gasteiger partial charge < -0.3 is 5.32 Å². The molecule has 142 valence electrons. The Kier molecular flexibility index (Phi) is 6.91. The summed E-state index contributed by atoms with van der Waals surface area (Å²) in [6, 6.07) is 4.31. The largest absolute Gasteiger partial charge is 0.301 e. The van der Waals surface area contributed by atoms with Crippen molar-refractivity contribution in [3.8, 4) is 11.3 Å². The van der Waals surface area contributed by atoms with Crippen molar-refractivity contribution in [1.29, 1.82) is 0 Å². The van der Waals surface area contributed by atoms with Crippen LogP contribution in [0.15, 0.2) is 26.2 Å². The number of aryl methyl sites for hydroxylation is 3. The monoisotopic (exact) mass is 436 g/mol. The van der Waals surface area contributed by atoms with Gasteiger partial charge in [-0.1, -0.05) is 59.5 Å². The molecule has 0 saturated heterocycles. The Morgan fingerprint density at radius 3 is 2.44 bits per heavy atom. The molecule has 27 heavy (non-hydrogen) atoms. The fourth-order valence-corrected chi connectivity index (χ4v) is 6.18. The summed E-state index contributed by atoms with van der Waals surface area (Å²) in [7, 11) is 0. The average Bonchev–Trinajstić information content (AvgIpc) is 3.22. The Bertz CT molecular complexity index is 927. The van der Waals surface area contributed by atoms with Crippen LogP contribution in [0.5, 0.6) is 0 Å². The van der Waals surface area contributed by atoms with Crippen molar-refractivity contribution in [3.05, 3.63) is 34.2 Å². The number of nitrogens with zero attached hydrogens (tertiary/aromatic N) is 3. The Labute approximate surface area is 175 Å². The van der Waals surface area contributed by atoms with Gasteiger partial charge in [0.25, 0.3) is 0 Å². The number of hydrogen-bond donors (Lipinski definition) is 1. The van der Waals surface area contributed by atoms with Crippen LogP contribution in [0.1, 0.15) is 23.6 Å². The lowest BCUT2D eigenvalue weighted by Gasteiger charge is -2.08. The second-order valence-electron chi connectivity index (χ2n) is 5.92. The van der Waals surface area contributed by atoms with Gasteiger partial charge in [-0.15, -0.1) is 21.5 Å². The molecule has 3 aromatic rings. The maximum Gasteiger partial charge on any atom is 0.236 e. The molecule has 1 amide bonds. The van der Waals surface area contributed by atoms with Crippen LogP contribution in [0.25, 0.3) is 11.3 Å². The number of aromatic nitrogens is 3. The topological polar surface area (TPSA) is 67.8 Å². The predicted octanol–water partition coefficient (Wildman–Crippen LogP) is 5.43. The molecule has 2 aromatic heterocycles. The zero-order valence-corrected chi connectivity index (χ0v) is 18.8.